The van der Waals surface area contributed by atoms with Gasteiger partial charge in [0, 0.05) is 24.8 Å². The Labute approximate surface area is 171 Å². The second-order valence-electron chi connectivity index (χ2n) is 7.31. The number of aromatic nitrogens is 1. The summed E-state index contributed by atoms with van der Waals surface area (Å²) in [7, 11) is 0. The first-order chi connectivity index (χ1) is 14.0. The summed E-state index contributed by atoms with van der Waals surface area (Å²) in [5.74, 6) is -0.197. The van der Waals surface area contributed by atoms with Crippen LogP contribution in [0.5, 0.6) is 0 Å². The number of hydrogen-bond acceptors (Lipinski definition) is 5. The van der Waals surface area contributed by atoms with E-state index in [1.807, 2.05) is 12.1 Å². The number of benzene rings is 1. The average Bonchev–Trinajstić information content (AvgIpc) is 2.71. The fourth-order valence-electron chi connectivity index (χ4n) is 3.39. The molecule has 2 amide bonds. The Morgan fingerprint density at radius 3 is 2.55 bits per heavy atom. The predicted octanol–water partition coefficient (Wildman–Crippen LogP) is 3.79. The molecular weight excluding hydrogens is 368 g/mol. The summed E-state index contributed by atoms with van der Waals surface area (Å²) in [6.45, 7) is 7.44. The van der Waals surface area contributed by atoms with E-state index in [0.29, 0.717) is 38.2 Å². The van der Waals surface area contributed by atoms with Crippen LogP contribution in [-0.4, -0.2) is 47.6 Å². The minimum absolute atomic E-state index is 0.0305. The first kappa shape index (κ1) is 20.6. The molecule has 1 aliphatic rings. The Morgan fingerprint density at radius 1 is 1.17 bits per heavy atom. The van der Waals surface area contributed by atoms with Gasteiger partial charge in [0.25, 0.3) is 5.91 Å². The van der Waals surface area contributed by atoms with Crippen LogP contribution in [0.2, 0.25) is 0 Å². The lowest BCUT2D eigenvalue weighted by Crippen LogP contribution is -2.46. The highest BCUT2D eigenvalue weighted by Crippen LogP contribution is 2.21. The number of nitrogens with zero attached hydrogens (tertiary/aromatic N) is 2. The second-order valence-corrected chi connectivity index (χ2v) is 7.31. The number of rotatable bonds is 5. The summed E-state index contributed by atoms with van der Waals surface area (Å²) < 4.78 is 5.02. The molecule has 7 nitrogen and oxygen atoms in total. The van der Waals surface area contributed by atoms with Gasteiger partial charge in [-0.25, -0.2) is 9.78 Å². The molecule has 2 N–H and O–H groups in total. The zero-order chi connectivity index (χ0) is 20.8. The quantitative estimate of drug-likeness (QED) is 0.803. The van der Waals surface area contributed by atoms with Gasteiger partial charge in [-0.3, -0.25) is 4.79 Å². The number of anilines is 2. The van der Waals surface area contributed by atoms with E-state index in [9.17, 15) is 9.59 Å². The number of hydrogen-bond donors (Lipinski definition) is 2. The molecule has 1 aromatic heterocycles. The fourth-order valence-corrected chi connectivity index (χ4v) is 3.39. The number of ether oxygens (including phenoxy) is 1. The molecule has 1 fully saturated rings. The van der Waals surface area contributed by atoms with Crippen molar-refractivity contribution in [1.29, 1.82) is 0 Å². The van der Waals surface area contributed by atoms with E-state index in [2.05, 4.69) is 41.6 Å². The zero-order valence-corrected chi connectivity index (χ0v) is 17.2. The first-order valence-corrected chi connectivity index (χ1v) is 9.99. The molecule has 0 bridgehead atoms. The van der Waals surface area contributed by atoms with Gasteiger partial charge in [-0.15, -0.1) is 0 Å². The number of aryl methyl sites for hydroxylation is 2. The molecule has 2 aromatic rings. The highest BCUT2D eigenvalue weighted by molar-refractivity contribution is 5.92. The van der Waals surface area contributed by atoms with Crippen LogP contribution in [0.3, 0.4) is 0 Å². The molecule has 0 spiro atoms. The topological polar surface area (TPSA) is 83.6 Å². The van der Waals surface area contributed by atoms with E-state index < -0.39 is 0 Å². The summed E-state index contributed by atoms with van der Waals surface area (Å²) >= 11 is 0. The summed E-state index contributed by atoms with van der Waals surface area (Å²) in [5, 5.41) is 6.34. The summed E-state index contributed by atoms with van der Waals surface area (Å²) in [4.78, 5) is 30.2. The van der Waals surface area contributed by atoms with Crippen molar-refractivity contribution in [3.8, 4) is 0 Å². The standard InChI is InChI=1S/C22H28N4O3/c1-4-29-22(28)26-11-9-17(10-12-26)25-21(27)20-8-6-18(14-23-20)24-19-7-5-15(2)13-16(19)3/h5-8,13-14,17,24H,4,9-12H2,1-3H3,(H,25,27). The van der Waals surface area contributed by atoms with Crippen LogP contribution >= 0.6 is 0 Å². The van der Waals surface area contributed by atoms with E-state index in [0.717, 1.165) is 16.9 Å². The number of piperidine rings is 1. The van der Waals surface area contributed by atoms with Crippen molar-refractivity contribution in [2.24, 2.45) is 0 Å². The largest absolute Gasteiger partial charge is 0.450 e. The summed E-state index contributed by atoms with van der Waals surface area (Å²) in [5.41, 5.74) is 4.59. The number of likely N-dealkylation sites (tertiary alicyclic amines) is 1. The number of pyridine rings is 1. The van der Waals surface area contributed by atoms with E-state index in [-0.39, 0.29) is 18.0 Å². The van der Waals surface area contributed by atoms with Crippen molar-refractivity contribution in [3.05, 3.63) is 53.3 Å². The monoisotopic (exact) mass is 396 g/mol. The van der Waals surface area contributed by atoms with Crippen LogP contribution in [-0.2, 0) is 4.74 Å². The van der Waals surface area contributed by atoms with E-state index in [1.54, 1.807) is 24.1 Å². The third-order valence-electron chi connectivity index (χ3n) is 5.01. The smallest absolute Gasteiger partial charge is 0.409 e. The molecule has 0 atom stereocenters. The summed E-state index contributed by atoms with van der Waals surface area (Å²) in [6.07, 6.45) is 2.79. The molecule has 1 aliphatic heterocycles. The Morgan fingerprint density at radius 2 is 1.93 bits per heavy atom. The van der Waals surface area contributed by atoms with Crippen LogP contribution in [0.15, 0.2) is 36.5 Å². The van der Waals surface area contributed by atoms with Crippen LogP contribution < -0.4 is 10.6 Å². The Bertz CT molecular complexity index is 859. The highest BCUT2D eigenvalue weighted by Gasteiger charge is 2.25. The van der Waals surface area contributed by atoms with Crippen molar-refractivity contribution >= 4 is 23.4 Å². The molecule has 0 unspecified atom stereocenters. The van der Waals surface area contributed by atoms with Crippen molar-refractivity contribution in [2.45, 2.75) is 39.7 Å². The van der Waals surface area contributed by atoms with Crippen molar-refractivity contribution in [3.63, 3.8) is 0 Å². The van der Waals surface area contributed by atoms with Gasteiger partial charge in [0.1, 0.15) is 5.69 Å². The minimum atomic E-state index is -0.286. The third-order valence-corrected chi connectivity index (χ3v) is 5.01. The van der Waals surface area contributed by atoms with Gasteiger partial charge in [0.2, 0.25) is 0 Å². The zero-order valence-electron chi connectivity index (χ0n) is 17.2. The number of carbonyl (C=O) groups excluding carboxylic acids is 2. The maximum atomic E-state index is 12.5. The third kappa shape index (κ3) is 5.47. The Kier molecular flexibility index (Phi) is 6.69. The predicted molar refractivity (Wildman–Crippen MR) is 113 cm³/mol. The Balaban J connectivity index is 1.52. The molecule has 7 heteroatoms. The molecule has 1 aromatic carbocycles. The normalized spacial score (nSPS) is 14.4. The van der Waals surface area contributed by atoms with Gasteiger partial charge in [0.05, 0.1) is 18.5 Å². The minimum Gasteiger partial charge on any atom is -0.450 e. The van der Waals surface area contributed by atoms with E-state index in [1.165, 1.54) is 5.56 Å². The van der Waals surface area contributed by atoms with Gasteiger partial charge in [-0.2, -0.15) is 0 Å². The molecule has 1 saturated heterocycles. The molecular formula is C22H28N4O3. The van der Waals surface area contributed by atoms with Gasteiger partial charge in [-0.05, 0) is 57.4 Å². The average molecular weight is 396 g/mol. The van der Waals surface area contributed by atoms with Crippen LogP contribution in [0, 0.1) is 13.8 Å². The van der Waals surface area contributed by atoms with Crippen LogP contribution in [0.1, 0.15) is 41.4 Å². The lowest BCUT2D eigenvalue weighted by Gasteiger charge is -2.31. The SMILES string of the molecule is CCOC(=O)N1CCC(NC(=O)c2ccc(Nc3ccc(C)cc3C)cn2)CC1. The lowest BCUT2D eigenvalue weighted by atomic mass is 10.1. The first-order valence-electron chi connectivity index (χ1n) is 9.99. The number of carbonyl (C=O) groups is 2. The maximum absolute atomic E-state index is 12.5. The molecule has 0 saturated carbocycles. The highest BCUT2D eigenvalue weighted by atomic mass is 16.6. The molecule has 154 valence electrons. The Hall–Kier alpha value is -3.09. The van der Waals surface area contributed by atoms with Gasteiger partial charge < -0.3 is 20.3 Å². The molecule has 29 heavy (non-hydrogen) atoms. The number of amides is 2. The van der Waals surface area contributed by atoms with E-state index in [4.69, 9.17) is 4.74 Å². The number of nitrogens with one attached hydrogen (secondary N) is 2. The lowest BCUT2D eigenvalue weighted by molar-refractivity contribution is 0.0856. The van der Waals surface area contributed by atoms with Gasteiger partial charge in [0.15, 0.2) is 0 Å². The second kappa shape index (κ2) is 9.41. The maximum Gasteiger partial charge on any atom is 0.409 e. The van der Waals surface area contributed by atoms with E-state index >= 15 is 0 Å². The fraction of sp³-hybridized carbons (Fsp3) is 0.409. The molecule has 3 rings (SSSR count). The van der Waals surface area contributed by atoms with Crippen LogP contribution in [0.4, 0.5) is 16.2 Å². The molecule has 0 aliphatic carbocycles. The van der Waals surface area contributed by atoms with Crippen molar-refractivity contribution in [1.82, 2.24) is 15.2 Å². The van der Waals surface area contributed by atoms with Crippen molar-refractivity contribution in [2.75, 3.05) is 25.0 Å². The van der Waals surface area contributed by atoms with Crippen molar-refractivity contribution < 1.29 is 14.3 Å². The van der Waals surface area contributed by atoms with Crippen LogP contribution in [0.25, 0.3) is 0 Å². The van der Waals surface area contributed by atoms with Gasteiger partial charge in [-0.1, -0.05) is 17.7 Å². The molecule has 2 heterocycles. The summed E-state index contributed by atoms with van der Waals surface area (Å²) in [6, 6.07) is 9.80. The van der Waals surface area contributed by atoms with Gasteiger partial charge >= 0.3 is 6.09 Å². The molecule has 0 radical (unpaired) electrons.